The molecule has 0 aliphatic carbocycles. The number of carbonyl (C=O) groups excluding carboxylic acids is 1. The zero-order valence-electron chi connectivity index (χ0n) is 27.6. The molecule has 0 spiro atoms. The molecule has 3 heterocycles. The quantitative estimate of drug-likeness (QED) is 0.130. The third kappa shape index (κ3) is 5.95. The number of nitrogens with two attached hydrogens (primary N) is 1. The Labute approximate surface area is 291 Å². The van der Waals surface area contributed by atoms with Crippen LogP contribution in [0.3, 0.4) is 0 Å². The van der Waals surface area contributed by atoms with Crippen molar-refractivity contribution in [2.75, 3.05) is 26.6 Å². The smallest absolute Gasteiger partial charge is 0.193 e. The molecule has 1 unspecified atom stereocenters. The van der Waals surface area contributed by atoms with Gasteiger partial charge in [-0.1, -0.05) is 72.8 Å². The van der Waals surface area contributed by atoms with Crippen LogP contribution in [0, 0.1) is 5.82 Å². The lowest BCUT2D eigenvalue weighted by Crippen LogP contribution is -2.41. The molecular formula is C38H34FN5O7. The van der Waals surface area contributed by atoms with Crippen molar-refractivity contribution in [1.82, 2.24) is 19.5 Å². The number of aliphatic hydroxyl groups excluding tert-OH is 2. The number of fused-ring (bicyclic) bond motifs is 1. The van der Waals surface area contributed by atoms with E-state index in [1.54, 1.807) is 84.9 Å². The fraction of sp³-hybridized carbons (Fsp3) is 0.211. The monoisotopic (exact) mass is 691 g/mol. The molecular weight excluding hydrogens is 657 g/mol. The Morgan fingerprint density at radius 3 is 2.24 bits per heavy atom. The summed E-state index contributed by atoms with van der Waals surface area (Å²) in [5.41, 5.74) is 5.88. The van der Waals surface area contributed by atoms with Gasteiger partial charge in [-0.15, -0.1) is 0 Å². The second-order valence-electron chi connectivity index (χ2n) is 11.9. The molecule has 1 saturated heterocycles. The van der Waals surface area contributed by atoms with E-state index >= 15 is 4.39 Å². The largest absolute Gasteiger partial charge is 0.497 e. The lowest BCUT2D eigenvalue weighted by molar-refractivity contribution is -0.0949. The maximum Gasteiger partial charge on any atom is 0.193 e. The van der Waals surface area contributed by atoms with E-state index in [1.165, 1.54) is 43.6 Å². The first-order valence-corrected chi connectivity index (χ1v) is 16.0. The molecule has 5 atom stereocenters. The highest BCUT2D eigenvalue weighted by molar-refractivity contribution is 6.10. The summed E-state index contributed by atoms with van der Waals surface area (Å²) in [6, 6.07) is 26.9. The Morgan fingerprint density at radius 2 is 1.55 bits per heavy atom. The molecule has 0 saturated carbocycles. The van der Waals surface area contributed by atoms with Crippen molar-refractivity contribution in [2.24, 2.45) is 0 Å². The lowest BCUT2D eigenvalue weighted by Gasteiger charge is -2.38. The third-order valence-electron chi connectivity index (χ3n) is 9.07. The second kappa shape index (κ2) is 13.9. The molecule has 13 heteroatoms. The topological polar surface area (TPSA) is 164 Å². The number of benzene rings is 4. The minimum Gasteiger partial charge on any atom is -0.497 e. The average Bonchev–Trinajstić information content (AvgIpc) is 3.73. The fourth-order valence-corrected chi connectivity index (χ4v) is 6.53. The number of hydrogen-bond acceptors (Lipinski definition) is 11. The average molecular weight is 692 g/mol. The van der Waals surface area contributed by atoms with Gasteiger partial charge in [-0.05, 0) is 29.3 Å². The summed E-state index contributed by atoms with van der Waals surface area (Å²) >= 11 is 0. The Morgan fingerprint density at radius 1 is 0.882 bits per heavy atom. The summed E-state index contributed by atoms with van der Waals surface area (Å²) in [7, 11) is 2.92. The van der Waals surface area contributed by atoms with Crippen molar-refractivity contribution in [1.29, 1.82) is 0 Å². The van der Waals surface area contributed by atoms with Gasteiger partial charge in [-0.2, -0.15) is 0 Å². The molecule has 1 aliphatic rings. The van der Waals surface area contributed by atoms with Crippen LogP contribution >= 0.6 is 0 Å². The van der Waals surface area contributed by atoms with Crippen LogP contribution in [0.25, 0.3) is 11.2 Å². The zero-order chi connectivity index (χ0) is 35.7. The van der Waals surface area contributed by atoms with Crippen LogP contribution in [0.1, 0.15) is 38.8 Å². The van der Waals surface area contributed by atoms with Crippen LogP contribution in [-0.2, 0) is 15.1 Å². The van der Waals surface area contributed by atoms with Gasteiger partial charge < -0.3 is 34.9 Å². The number of imidazole rings is 1. The predicted octanol–water partition coefficient (Wildman–Crippen LogP) is 4.42. The number of carbonyl (C=O) groups is 1. The van der Waals surface area contributed by atoms with Gasteiger partial charge in [0.25, 0.3) is 0 Å². The minimum absolute atomic E-state index is 0.00863. The number of anilines is 1. The van der Waals surface area contributed by atoms with Crippen LogP contribution < -0.4 is 15.2 Å². The van der Waals surface area contributed by atoms with Crippen molar-refractivity contribution in [3.05, 3.63) is 143 Å². The van der Waals surface area contributed by atoms with Crippen LogP contribution in [0.2, 0.25) is 0 Å². The highest BCUT2D eigenvalue weighted by Gasteiger charge is 2.48. The van der Waals surface area contributed by atoms with Crippen LogP contribution in [0.5, 0.6) is 11.5 Å². The fourth-order valence-electron chi connectivity index (χ4n) is 6.53. The highest BCUT2D eigenvalue weighted by atomic mass is 19.1. The van der Waals surface area contributed by atoms with Gasteiger partial charge in [-0.3, -0.25) is 9.36 Å². The van der Waals surface area contributed by atoms with Crippen molar-refractivity contribution >= 4 is 22.8 Å². The van der Waals surface area contributed by atoms with Crippen molar-refractivity contribution in [2.45, 2.75) is 30.1 Å². The number of ether oxygens (including phenoxy) is 4. The molecule has 7 rings (SSSR count). The van der Waals surface area contributed by atoms with Crippen LogP contribution in [0.4, 0.5) is 10.2 Å². The number of nitrogens with zero attached hydrogens (tertiary/aromatic N) is 4. The number of ketones is 1. The van der Waals surface area contributed by atoms with Gasteiger partial charge in [-0.25, -0.2) is 19.3 Å². The van der Waals surface area contributed by atoms with E-state index in [1.807, 2.05) is 0 Å². The standard InChI is InChI=1S/C38H34FN5O7/c1-48-25-15-13-24(14-16-25)38(23-11-7-4-8-12-23,30-27(17-26(49-2)18-28(30)39)32(45)22-9-5-3-6-10-22)50-19-29-33(46)34(47)37(51-29)44-21-43-31-35(40)41-20-42-36(31)44/h3-18,20-21,29,33-34,37,46-47H,19H2,1-2H3,(H2,40,41,42)/t29-,33-,34-,37-,38?/m1/s1. The summed E-state index contributed by atoms with van der Waals surface area (Å²) in [6.45, 7) is -0.371. The van der Waals surface area contributed by atoms with Crippen molar-refractivity contribution in [3.63, 3.8) is 0 Å². The zero-order valence-corrected chi connectivity index (χ0v) is 27.6. The number of rotatable bonds is 11. The van der Waals surface area contributed by atoms with E-state index in [0.717, 1.165) is 0 Å². The number of methoxy groups -OCH3 is 2. The molecule has 260 valence electrons. The van der Waals surface area contributed by atoms with E-state index in [9.17, 15) is 15.0 Å². The molecule has 0 bridgehead atoms. The molecule has 12 nitrogen and oxygen atoms in total. The van der Waals surface area contributed by atoms with E-state index in [0.29, 0.717) is 33.6 Å². The number of aromatic nitrogens is 4. The SMILES string of the molecule is COc1ccc(C(OC[C@H]2O[C@@H](n3cnc4c(N)ncnc43)[C@H](O)[C@@H]2O)(c2ccccc2)c2c(F)cc(OC)cc2C(=O)c2ccccc2)cc1. The Bertz CT molecular complexity index is 2170. The van der Waals surface area contributed by atoms with Crippen LogP contribution in [0.15, 0.2) is 110 Å². The number of nitrogen functional groups attached to an aromatic ring is 1. The highest BCUT2D eigenvalue weighted by Crippen LogP contribution is 2.46. The van der Waals surface area contributed by atoms with E-state index in [-0.39, 0.29) is 29.3 Å². The molecule has 6 aromatic rings. The first kappa shape index (κ1) is 33.8. The second-order valence-corrected chi connectivity index (χ2v) is 11.9. The lowest BCUT2D eigenvalue weighted by atomic mass is 9.76. The van der Waals surface area contributed by atoms with Gasteiger partial charge in [0.2, 0.25) is 0 Å². The predicted molar refractivity (Wildman–Crippen MR) is 184 cm³/mol. The molecule has 1 aliphatic heterocycles. The van der Waals surface area contributed by atoms with E-state index in [2.05, 4.69) is 15.0 Å². The molecule has 2 aromatic heterocycles. The molecule has 0 amide bonds. The van der Waals surface area contributed by atoms with Crippen molar-refractivity contribution in [3.8, 4) is 11.5 Å². The maximum absolute atomic E-state index is 17.0. The Balaban J connectivity index is 1.39. The molecule has 4 aromatic carbocycles. The first-order chi connectivity index (χ1) is 24.8. The van der Waals surface area contributed by atoms with Crippen molar-refractivity contribution < 1.29 is 38.3 Å². The van der Waals surface area contributed by atoms with Crippen LogP contribution in [-0.4, -0.2) is 74.7 Å². The molecule has 1 fully saturated rings. The molecule has 0 radical (unpaired) electrons. The molecule has 51 heavy (non-hydrogen) atoms. The maximum atomic E-state index is 17.0. The normalized spacial score (nSPS) is 19.9. The van der Waals surface area contributed by atoms with Gasteiger partial charge in [0.15, 0.2) is 23.5 Å². The van der Waals surface area contributed by atoms with E-state index in [4.69, 9.17) is 24.7 Å². The summed E-state index contributed by atoms with van der Waals surface area (Å²) < 4.78 is 42.4. The third-order valence-corrected chi connectivity index (χ3v) is 9.07. The Hall–Kier alpha value is -5.73. The number of hydrogen-bond donors (Lipinski definition) is 3. The minimum atomic E-state index is -1.82. The Kier molecular flexibility index (Phi) is 9.19. The number of aliphatic hydroxyl groups is 2. The summed E-state index contributed by atoms with van der Waals surface area (Å²) in [5.74, 6) is -0.442. The molecule has 4 N–H and O–H groups in total. The number of halogens is 1. The van der Waals surface area contributed by atoms with Gasteiger partial charge in [0.1, 0.15) is 53.1 Å². The summed E-state index contributed by atoms with van der Waals surface area (Å²) in [5, 5.41) is 22.6. The van der Waals surface area contributed by atoms with Gasteiger partial charge in [0.05, 0.1) is 27.2 Å². The first-order valence-electron chi connectivity index (χ1n) is 16.0. The summed E-state index contributed by atoms with van der Waals surface area (Å²) in [6.07, 6.45) is -2.52. The van der Waals surface area contributed by atoms with E-state index < -0.39 is 41.7 Å². The van der Waals surface area contributed by atoms with Gasteiger partial charge in [0, 0.05) is 22.8 Å². The van der Waals surface area contributed by atoms with Gasteiger partial charge >= 0.3 is 0 Å². The summed E-state index contributed by atoms with van der Waals surface area (Å²) in [4.78, 5) is 26.8.